The Bertz CT molecular complexity index is 321. The van der Waals surface area contributed by atoms with E-state index >= 15 is 0 Å². The second-order valence-corrected chi connectivity index (χ2v) is 4.13. The minimum atomic E-state index is -0.514. The van der Waals surface area contributed by atoms with Crippen LogP contribution >= 0.6 is 0 Å². The Morgan fingerprint density at radius 3 is 1.71 bits per heavy atom. The van der Waals surface area contributed by atoms with E-state index < -0.39 is 5.60 Å². The maximum Gasteiger partial charge on any atom is 0.303 e. The van der Waals surface area contributed by atoms with Gasteiger partial charge in [0.05, 0.1) is 0 Å². The highest BCUT2D eigenvalue weighted by Crippen LogP contribution is 2.42. The Hall–Kier alpha value is -1.05. The highest BCUT2D eigenvalue weighted by molar-refractivity contribution is 5.69. The van der Waals surface area contributed by atoms with Crippen molar-refractivity contribution in [3.05, 3.63) is 22.3 Å². The molecule has 0 saturated heterocycles. The molecule has 0 fully saturated rings. The molecule has 0 amide bonds. The summed E-state index contributed by atoms with van der Waals surface area (Å²) in [7, 11) is 0. The third-order valence-corrected chi connectivity index (χ3v) is 3.47. The molecule has 0 N–H and O–H groups in total. The molecule has 0 heterocycles. The molecule has 0 aromatic heterocycles. The molecular formula is C12H18O2. The summed E-state index contributed by atoms with van der Waals surface area (Å²) in [4.78, 5) is 11.0. The number of ether oxygens (including phenoxy) is 1. The van der Waals surface area contributed by atoms with Gasteiger partial charge < -0.3 is 4.74 Å². The van der Waals surface area contributed by atoms with Crippen LogP contribution in [0.4, 0.5) is 0 Å². The van der Waals surface area contributed by atoms with Gasteiger partial charge in [0.2, 0.25) is 0 Å². The van der Waals surface area contributed by atoms with Gasteiger partial charge in [-0.3, -0.25) is 4.79 Å². The normalized spacial score (nSPS) is 20.4. The standard InChI is InChI=1S/C12H18O2/c1-7-8(2)10(4)12(6,9(7)3)14-11(5)13/h1-6H3. The molecular weight excluding hydrogens is 176 g/mol. The topological polar surface area (TPSA) is 26.3 Å². The molecule has 14 heavy (non-hydrogen) atoms. The molecule has 0 saturated carbocycles. The van der Waals surface area contributed by atoms with Crippen LogP contribution in [0.1, 0.15) is 41.5 Å². The van der Waals surface area contributed by atoms with Gasteiger partial charge in [-0.1, -0.05) is 0 Å². The molecule has 1 aliphatic carbocycles. The van der Waals surface area contributed by atoms with E-state index in [9.17, 15) is 4.79 Å². The number of hydrogen-bond acceptors (Lipinski definition) is 2. The van der Waals surface area contributed by atoms with Crippen LogP contribution in [0.15, 0.2) is 22.3 Å². The summed E-state index contributed by atoms with van der Waals surface area (Å²) < 4.78 is 5.41. The van der Waals surface area contributed by atoms with E-state index in [4.69, 9.17) is 4.74 Å². The van der Waals surface area contributed by atoms with Crippen molar-refractivity contribution in [1.82, 2.24) is 0 Å². The van der Waals surface area contributed by atoms with Crippen LogP contribution in [0.3, 0.4) is 0 Å². The van der Waals surface area contributed by atoms with Crippen LogP contribution in [0.2, 0.25) is 0 Å². The average molecular weight is 194 g/mol. The Kier molecular flexibility index (Phi) is 2.57. The van der Waals surface area contributed by atoms with Crippen LogP contribution in [0.5, 0.6) is 0 Å². The van der Waals surface area contributed by atoms with E-state index in [1.54, 1.807) is 0 Å². The molecule has 2 nitrogen and oxygen atoms in total. The lowest BCUT2D eigenvalue weighted by molar-refractivity contribution is -0.149. The second kappa shape index (κ2) is 3.26. The third-order valence-electron chi connectivity index (χ3n) is 3.47. The lowest BCUT2D eigenvalue weighted by atomic mass is 9.93. The molecule has 1 aliphatic rings. The summed E-state index contributed by atoms with van der Waals surface area (Å²) >= 11 is 0. The fourth-order valence-electron chi connectivity index (χ4n) is 2.00. The lowest BCUT2D eigenvalue weighted by Crippen LogP contribution is -2.31. The summed E-state index contributed by atoms with van der Waals surface area (Å²) in [5.41, 5.74) is 4.25. The molecule has 78 valence electrons. The van der Waals surface area contributed by atoms with Gasteiger partial charge in [0.25, 0.3) is 0 Å². The smallest absolute Gasteiger partial charge is 0.303 e. The zero-order chi connectivity index (χ0) is 11.1. The number of carbonyl (C=O) groups excluding carboxylic acids is 1. The SMILES string of the molecule is CC(=O)OC1(C)C(C)=C(C)C(C)=C1C. The Morgan fingerprint density at radius 1 is 1.07 bits per heavy atom. The van der Waals surface area contributed by atoms with Gasteiger partial charge in [-0.2, -0.15) is 0 Å². The van der Waals surface area contributed by atoms with Crippen LogP contribution in [-0.4, -0.2) is 11.6 Å². The maximum absolute atomic E-state index is 11.0. The minimum Gasteiger partial charge on any atom is -0.450 e. The molecule has 0 aromatic rings. The average Bonchev–Trinajstić information content (AvgIpc) is 2.21. The van der Waals surface area contributed by atoms with Crippen molar-refractivity contribution >= 4 is 5.97 Å². The molecule has 0 unspecified atom stereocenters. The van der Waals surface area contributed by atoms with E-state index in [1.165, 1.54) is 18.1 Å². The van der Waals surface area contributed by atoms with Crippen molar-refractivity contribution in [2.24, 2.45) is 0 Å². The molecule has 2 heteroatoms. The molecule has 0 aliphatic heterocycles. The first kappa shape index (κ1) is 11.0. The predicted molar refractivity (Wildman–Crippen MR) is 56.9 cm³/mol. The number of hydrogen-bond donors (Lipinski definition) is 0. The first-order valence-corrected chi connectivity index (χ1v) is 4.86. The van der Waals surface area contributed by atoms with Gasteiger partial charge in [-0.05, 0) is 56.9 Å². The van der Waals surface area contributed by atoms with Gasteiger partial charge in [-0.15, -0.1) is 0 Å². The number of allylic oxidation sites excluding steroid dienone is 2. The number of rotatable bonds is 1. The first-order chi connectivity index (χ1) is 6.30. The lowest BCUT2D eigenvalue weighted by Gasteiger charge is -2.28. The highest BCUT2D eigenvalue weighted by atomic mass is 16.6. The van der Waals surface area contributed by atoms with Crippen molar-refractivity contribution in [3.63, 3.8) is 0 Å². The van der Waals surface area contributed by atoms with Crippen molar-refractivity contribution in [3.8, 4) is 0 Å². The quantitative estimate of drug-likeness (QED) is 0.600. The number of esters is 1. The fourth-order valence-corrected chi connectivity index (χ4v) is 2.00. The summed E-state index contributed by atoms with van der Waals surface area (Å²) in [6.45, 7) is 11.6. The summed E-state index contributed by atoms with van der Waals surface area (Å²) in [5.74, 6) is -0.228. The number of carbonyl (C=O) groups is 1. The molecule has 1 rings (SSSR count). The monoisotopic (exact) mass is 194 g/mol. The summed E-state index contributed by atoms with van der Waals surface area (Å²) in [6, 6.07) is 0. The Morgan fingerprint density at radius 2 is 1.43 bits per heavy atom. The Balaban J connectivity index is 3.19. The van der Waals surface area contributed by atoms with Crippen LogP contribution in [0, 0.1) is 0 Å². The van der Waals surface area contributed by atoms with E-state index in [0.717, 1.165) is 11.1 Å². The second-order valence-electron chi connectivity index (χ2n) is 4.13. The van der Waals surface area contributed by atoms with Gasteiger partial charge in [0.1, 0.15) is 0 Å². The molecule has 0 spiro atoms. The third kappa shape index (κ3) is 1.39. The van der Waals surface area contributed by atoms with E-state index in [0.29, 0.717) is 0 Å². The summed E-state index contributed by atoms with van der Waals surface area (Å²) in [5, 5.41) is 0. The van der Waals surface area contributed by atoms with Crippen LogP contribution in [-0.2, 0) is 9.53 Å². The first-order valence-electron chi connectivity index (χ1n) is 4.86. The van der Waals surface area contributed by atoms with E-state index in [2.05, 4.69) is 13.8 Å². The van der Waals surface area contributed by atoms with Crippen molar-refractivity contribution in [1.29, 1.82) is 0 Å². The van der Waals surface area contributed by atoms with E-state index in [-0.39, 0.29) is 5.97 Å². The van der Waals surface area contributed by atoms with Gasteiger partial charge in [-0.25, -0.2) is 0 Å². The van der Waals surface area contributed by atoms with Gasteiger partial charge in [0, 0.05) is 6.92 Å². The van der Waals surface area contributed by atoms with Gasteiger partial charge in [0.15, 0.2) is 5.60 Å². The summed E-state index contributed by atoms with van der Waals surface area (Å²) in [6.07, 6.45) is 0. The molecule has 0 bridgehead atoms. The predicted octanol–water partition coefficient (Wildman–Crippen LogP) is 2.99. The van der Waals surface area contributed by atoms with E-state index in [1.807, 2.05) is 20.8 Å². The zero-order valence-corrected chi connectivity index (χ0v) is 9.82. The largest absolute Gasteiger partial charge is 0.450 e. The molecule has 0 atom stereocenters. The zero-order valence-electron chi connectivity index (χ0n) is 9.82. The van der Waals surface area contributed by atoms with Crippen molar-refractivity contribution in [2.45, 2.75) is 47.1 Å². The fraction of sp³-hybridized carbons (Fsp3) is 0.583. The maximum atomic E-state index is 11.0. The molecule has 0 aromatic carbocycles. The van der Waals surface area contributed by atoms with Crippen LogP contribution in [0.25, 0.3) is 0 Å². The molecule has 0 radical (unpaired) electrons. The van der Waals surface area contributed by atoms with Gasteiger partial charge >= 0.3 is 5.97 Å². The highest BCUT2D eigenvalue weighted by Gasteiger charge is 2.38. The minimum absolute atomic E-state index is 0.228. The Labute approximate surface area is 85.6 Å². The van der Waals surface area contributed by atoms with Crippen LogP contribution < -0.4 is 0 Å². The van der Waals surface area contributed by atoms with Crippen molar-refractivity contribution in [2.75, 3.05) is 0 Å². The van der Waals surface area contributed by atoms with Crippen molar-refractivity contribution < 1.29 is 9.53 Å².